The molecule has 0 unspecified atom stereocenters. The highest BCUT2D eigenvalue weighted by molar-refractivity contribution is 7.89. The molecule has 0 atom stereocenters. The van der Waals surface area contributed by atoms with E-state index < -0.39 is 21.0 Å². The fourth-order valence-electron chi connectivity index (χ4n) is 1.53. The summed E-state index contributed by atoms with van der Waals surface area (Å²) in [5, 5.41) is 7.23. The summed E-state index contributed by atoms with van der Waals surface area (Å²) >= 11 is 5.93. The van der Waals surface area contributed by atoms with Crippen LogP contribution in [0, 0.1) is 0 Å². The maximum atomic E-state index is 11.9. The molecule has 1 aromatic carbocycles. The molecule has 1 aromatic heterocycles. The van der Waals surface area contributed by atoms with Crippen molar-refractivity contribution in [3.05, 3.63) is 41.1 Å². The minimum atomic E-state index is -3.99. The molecule has 0 radical (unpaired) electrons. The Hall–Kier alpha value is -2.03. The van der Waals surface area contributed by atoms with Crippen molar-refractivity contribution >= 4 is 33.2 Å². The number of amides is 1. The highest BCUT2D eigenvalue weighted by Gasteiger charge is 2.17. The standard InChI is InChI=1S/C12H11ClN2O5S/c1-19-9-3-2-7(6-8(9)13)15-12(16)10-4-5-11(20-10)21(14,17)18/h2-6H,1H3,(H,15,16)(H2,14,17,18). The lowest BCUT2D eigenvalue weighted by Gasteiger charge is -2.06. The van der Waals surface area contributed by atoms with Crippen LogP contribution in [-0.2, 0) is 10.0 Å². The number of primary sulfonamides is 1. The van der Waals surface area contributed by atoms with E-state index in [0.717, 1.165) is 6.07 Å². The second-order valence-electron chi connectivity index (χ2n) is 3.97. The fraction of sp³-hybridized carbons (Fsp3) is 0.0833. The molecule has 9 heteroatoms. The number of rotatable bonds is 4. The fourth-order valence-corrected chi connectivity index (χ4v) is 2.25. The molecule has 0 fully saturated rings. The van der Waals surface area contributed by atoms with Crippen molar-refractivity contribution in [1.82, 2.24) is 0 Å². The van der Waals surface area contributed by atoms with E-state index in [-0.39, 0.29) is 5.76 Å². The molecular formula is C12H11ClN2O5S. The second kappa shape index (κ2) is 5.76. The Bertz CT molecular complexity index is 785. The van der Waals surface area contributed by atoms with Gasteiger partial charge in [0.25, 0.3) is 15.9 Å². The first kappa shape index (κ1) is 15.4. The molecule has 0 aliphatic rings. The summed E-state index contributed by atoms with van der Waals surface area (Å²) in [5.41, 5.74) is 0.402. The quantitative estimate of drug-likeness (QED) is 0.888. The number of methoxy groups -OCH3 is 1. The summed E-state index contributed by atoms with van der Waals surface area (Å²) in [6.45, 7) is 0. The van der Waals surface area contributed by atoms with E-state index in [1.165, 1.54) is 19.2 Å². The van der Waals surface area contributed by atoms with Gasteiger partial charge in [-0.3, -0.25) is 4.79 Å². The molecule has 7 nitrogen and oxygen atoms in total. The number of carbonyl (C=O) groups is 1. The number of furan rings is 1. The van der Waals surface area contributed by atoms with E-state index in [1.807, 2.05) is 0 Å². The van der Waals surface area contributed by atoms with Crippen LogP contribution in [0.3, 0.4) is 0 Å². The number of anilines is 1. The lowest BCUT2D eigenvalue weighted by atomic mass is 10.3. The van der Waals surface area contributed by atoms with E-state index in [0.29, 0.717) is 16.5 Å². The van der Waals surface area contributed by atoms with Crippen molar-refractivity contribution < 1.29 is 22.4 Å². The molecule has 0 bridgehead atoms. The van der Waals surface area contributed by atoms with E-state index in [2.05, 4.69) is 5.32 Å². The summed E-state index contributed by atoms with van der Waals surface area (Å²) in [4.78, 5) is 11.9. The minimum Gasteiger partial charge on any atom is -0.495 e. The smallest absolute Gasteiger partial charge is 0.291 e. The molecule has 3 N–H and O–H groups in total. The third-order valence-corrected chi connectivity index (χ3v) is 3.57. The Kier molecular flexibility index (Phi) is 4.21. The third kappa shape index (κ3) is 3.54. The topological polar surface area (TPSA) is 112 Å². The number of carbonyl (C=O) groups excluding carboxylic acids is 1. The molecule has 0 spiro atoms. The van der Waals surface area contributed by atoms with Gasteiger partial charge in [0.05, 0.1) is 12.1 Å². The minimum absolute atomic E-state index is 0.189. The number of nitrogens with two attached hydrogens (primary N) is 1. The van der Waals surface area contributed by atoms with Crippen LogP contribution in [0.5, 0.6) is 5.75 Å². The van der Waals surface area contributed by atoms with Crippen LogP contribution in [0.1, 0.15) is 10.6 Å². The molecule has 0 aliphatic heterocycles. The number of sulfonamides is 1. The highest BCUT2D eigenvalue weighted by atomic mass is 35.5. The average Bonchev–Trinajstić information content (AvgIpc) is 2.88. The number of benzene rings is 1. The molecule has 112 valence electrons. The Morgan fingerprint density at radius 2 is 2.05 bits per heavy atom. The second-order valence-corrected chi connectivity index (χ2v) is 5.87. The third-order valence-electron chi connectivity index (χ3n) is 2.50. The Labute approximate surface area is 125 Å². The largest absolute Gasteiger partial charge is 0.495 e. The van der Waals surface area contributed by atoms with Crippen molar-refractivity contribution in [2.75, 3.05) is 12.4 Å². The first-order valence-electron chi connectivity index (χ1n) is 5.59. The lowest BCUT2D eigenvalue weighted by Crippen LogP contribution is -2.12. The van der Waals surface area contributed by atoms with Crippen LogP contribution in [0.15, 0.2) is 39.8 Å². The molecule has 0 saturated carbocycles. The molecule has 0 saturated heterocycles. The zero-order valence-electron chi connectivity index (χ0n) is 10.8. The maximum absolute atomic E-state index is 11.9. The summed E-state index contributed by atoms with van der Waals surface area (Å²) in [5.74, 6) is -0.360. The predicted molar refractivity (Wildman–Crippen MR) is 76.0 cm³/mol. The van der Waals surface area contributed by atoms with E-state index in [1.54, 1.807) is 12.1 Å². The summed E-state index contributed by atoms with van der Waals surface area (Å²) in [6, 6.07) is 6.95. The van der Waals surface area contributed by atoms with Gasteiger partial charge in [0, 0.05) is 5.69 Å². The Morgan fingerprint density at radius 1 is 1.33 bits per heavy atom. The number of halogens is 1. The van der Waals surface area contributed by atoms with Crippen LogP contribution in [0.4, 0.5) is 5.69 Å². The van der Waals surface area contributed by atoms with Crippen molar-refractivity contribution in [2.45, 2.75) is 5.09 Å². The first-order valence-corrected chi connectivity index (χ1v) is 7.51. The van der Waals surface area contributed by atoms with E-state index in [4.69, 9.17) is 25.9 Å². The SMILES string of the molecule is COc1ccc(NC(=O)c2ccc(S(N)(=O)=O)o2)cc1Cl. The van der Waals surface area contributed by atoms with Gasteiger partial charge in [-0.05, 0) is 30.3 Å². The van der Waals surface area contributed by atoms with Gasteiger partial charge < -0.3 is 14.5 Å². The van der Waals surface area contributed by atoms with Crippen LogP contribution in [0.2, 0.25) is 5.02 Å². The summed E-state index contributed by atoms with van der Waals surface area (Å²) in [7, 11) is -2.52. The van der Waals surface area contributed by atoms with E-state index >= 15 is 0 Å². The molecule has 2 rings (SSSR count). The van der Waals surface area contributed by atoms with Gasteiger partial charge in [-0.25, -0.2) is 13.6 Å². The number of nitrogens with one attached hydrogen (secondary N) is 1. The zero-order valence-corrected chi connectivity index (χ0v) is 12.4. The highest BCUT2D eigenvalue weighted by Crippen LogP contribution is 2.27. The van der Waals surface area contributed by atoms with Crippen molar-refractivity contribution in [2.24, 2.45) is 5.14 Å². The van der Waals surface area contributed by atoms with Gasteiger partial charge in [0.1, 0.15) is 5.75 Å². The molecule has 21 heavy (non-hydrogen) atoms. The first-order chi connectivity index (χ1) is 9.81. The normalized spacial score (nSPS) is 11.2. The zero-order chi connectivity index (χ0) is 15.6. The molecule has 1 heterocycles. The van der Waals surface area contributed by atoms with Crippen LogP contribution in [-0.4, -0.2) is 21.4 Å². The van der Waals surface area contributed by atoms with Crippen LogP contribution < -0.4 is 15.2 Å². The Morgan fingerprint density at radius 3 is 2.57 bits per heavy atom. The van der Waals surface area contributed by atoms with Gasteiger partial charge in [-0.2, -0.15) is 0 Å². The van der Waals surface area contributed by atoms with Crippen LogP contribution in [0.25, 0.3) is 0 Å². The number of hydrogen-bond acceptors (Lipinski definition) is 5. The average molecular weight is 331 g/mol. The number of hydrogen-bond donors (Lipinski definition) is 2. The molecular weight excluding hydrogens is 320 g/mol. The molecule has 0 aliphatic carbocycles. The van der Waals surface area contributed by atoms with Crippen LogP contribution >= 0.6 is 11.6 Å². The summed E-state index contributed by atoms with van der Waals surface area (Å²) < 4.78 is 32.0. The molecule has 2 aromatic rings. The van der Waals surface area contributed by atoms with Crippen molar-refractivity contribution in [1.29, 1.82) is 0 Å². The predicted octanol–water partition coefficient (Wildman–Crippen LogP) is 1.84. The van der Waals surface area contributed by atoms with Gasteiger partial charge in [0.2, 0.25) is 5.09 Å². The van der Waals surface area contributed by atoms with Gasteiger partial charge >= 0.3 is 0 Å². The van der Waals surface area contributed by atoms with Crippen molar-refractivity contribution in [3.8, 4) is 5.75 Å². The lowest BCUT2D eigenvalue weighted by molar-refractivity contribution is 0.0991. The molecule has 1 amide bonds. The Balaban J connectivity index is 2.18. The van der Waals surface area contributed by atoms with Crippen molar-refractivity contribution in [3.63, 3.8) is 0 Å². The van der Waals surface area contributed by atoms with Gasteiger partial charge in [-0.15, -0.1) is 0 Å². The maximum Gasteiger partial charge on any atom is 0.291 e. The monoisotopic (exact) mass is 330 g/mol. The van der Waals surface area contributed by atoms with Gasteiger partial charge in [0.15, 0.2) is 5.76 Å². The van der Waals surface area contributed by atoms with E-state index in [9.17, 15) is 13.2 Å². The van der Waals surface area contributed by atoms with Gasteiger partial charge in [-0.1, -0.05) is 11.6 Å². The summed E-state index contributed by atoms with van der Waals surface area (Å²) in [6.07, 6.45) is 0. The number of ether oxygens (including phenoxy) is 1.